The molecular formula is C30H23N8O2+. The van der Waals surface area contributed by atoms with Crippen LogP contribution in [0.2, 0.25) is 0 Å². The molecule has 2 aromatic carbocycles. The zero-order valence-corrected chi connectivity index (χ0v) is 21.5. The third kappa shape index (κ3) is 3.57. The van der Waals surface area contributed by atoms with Crippen LogP contribution in [0, 0.1) is 0 Å². The molecule has 0 saturated carbocycles. The van der Waals surface area contributed by atoms with Crippen molar-refractivity contribution >= 4 is 45.0 Å². The van der Waals surface area contributed by atoms with Gasteiger partial charge in [0.25, 0.3) is 0 Å². The summed E-state index contributed by atoms with van der Waals surface area (Å²) >= 11 is 0. The Morgan fingerprint density at radius 2 is 1.48 bits per heavy atom. The lowest BCUT2D eigenvalue weighted by atomic mass is 10.0. The molecule has 2 amide bonds. The van der Waals surface area contributed by atoms with Gasteiger partial charge in [0.1, 0.15) is 11.6 Å². The van der Waals surface area contributed by atoms with Crippen molar-refractivity contribution < 1.29 is 14.3 Å². The Morgan fingerprint density at radius 1 is 0.775 bits per heavy atom. The number of hydrogen-bond acceptors (Lipinski definition) is 5. The fraction of sp³-hybridized carbons (Fsp3) is 0.133. The summed E-state index contributed by atoms with van der Waals surface area (Å²) < 4.78 is 6.04. The fourth-order valence-electron chi connectivity index (χ4n) is 5.75. The number of rotatable bonds is 4. The quantitative estimate of drug-likeness (QED) is 0.341. The maximum absolute atomic E-state index is 11.9. The van der Waals surface area contributed by atoms with Gasteiger partial charge >= 0.3 is 0 Å². The number of aryl methyl sites for hydroxylation is 1. The monoisotopic (exact) mass is 527 g/mol. The molecule has 0 radical (unpaired) electrons. The molecule has 0 saturated heterocycles. The van der Waals surface area contributed by atoms with E-state index in [1.807, 2.05) is 41.1 Å². The van der Waals surface area contributed by atoms with Crippen LogP contribution in [0.25, 0.3) is 43.8 Å². The molecule has 10 heteroatoms. The number of hydrogen-bond donors (Lipinski definition) is 2. The van der Waals surface area contributed by atoms with Crippen LogP contribution in [0.3, 0.4) is 0 Å². The second-order valence-electron chi connectivity index (χ2n) is 10.4. The molecule has 10 nitrogen and oxygen atoms in total. The number of anilines is 2. The van der Waals surface area contributed by atoms with Gasteiger partial charge in [0.15, 0.2) is 13.7 Å². The predicted octanol–water partition coefficient (Wildman–Crippen LogP) is 3.43. The number of nitrogens with zero attached hydrogens (tertiary/aromatic N) is 6. The summed E-state index contributed by atoms with van der Waals surface area (Å²) in [5, 5.41) is 14.4. The van der Waals surface area contributed by atoms with E-state index in [0.717, 1.165) is 54.9 Å². The van der Waals surface area contributed by atoms with Crippen molar-refractivity contribution in [3.8, 4) is 22.3 Å². The third-order valence-corrected chi connectivity index (χ3v) is 7.79. The zero-order valence-electron chi connectivity index (χ0n) is 21.5. The van der Waals surface area contributed by atoms with E-state index in [9.17, 15) is 9.59 Å². The summed E-state index contributed by atoms with van der Waals surface area (Å²) in [6, 6.07) is 12.5. The minimum absolute atomic E-state index is 0.0137. The Hall–Kier alpha value is -5.38. The number of carbonyl (C=O) groups is 2. The maximum Gasteiger partial charge on any atom is 0.230 e. The Morgan fingerprint density at radius 3 is 2.27 bits per heavy atom. The first-order valence-electron chi connectivity index (χ1n) is 13.0. The Balaban J connectivity index is 1.07. The second kappa shape index (κ2) is 8.31. The standard InChI is InChI=1S/C30H22N8O2/c1-36-13-22(17-4-5-23-20(6-17)11-32-29-25(23)8-27(39)34-29)15-38(36)16-37-14-21(12-33-37)18-2-3-19-10-31-30-26(24(19)7-18)9-28(40)35-30/h2-7,10-15H,8-9,16H2,1H3,(H-,31,32,34,35,39,40)/p+1. The molecule has 40 heavy (non-hydrogen) atoms. The lowest BCUT2D eigenvalue weighted by Gasteiger charge is -2.06. The zero-order chi connectivity index (χ0) is 27.0. The van der Waals surface area contributed by atoms with Crippen LogP contribution < -0.4 is 15.3 Å². The number of aromatic nitrogens is 6. The summed E-state index contributed by atoms with van der Waals surface area (Å²) in [5.41, 5.74) is 6.10. The lowest BCUT2D eigenvalue weighted by Crippen LogP contribution is -2.39. The molecule has 0 atom stereocenters. The SMILES string of the molecule is C[n+]1cc(-c2ccc3c4c(ncc3c2)NC(=O)C4)cn1Cn1cc(-c2ccc3cnc4c(c3c2)CC(=O)N4)cn1. The van der Waals surface area contributed by atoms with E-state index >= 15 is 0 Å². The third-order valence-electron chi connectivity index (χ3n) is 7.79. The molecule has 6 heterocycles. The van der Waals surface area contributed by atoms with Crippen LogP contribution >= 0.6 is 0 Å². The van der Waals surface area contributed by atoms with Crippen LogP contribution in [0.5, 0.6) is 0 Å². The highest BCUT2D eigenvalue weighted by Gasteiger charge is 2.23. The van der Waals surface area contributed by atoms with Gasteiger partial charge < -0.3 is 10.6 Å². The summed E-state index contributed by atoms with van der Waals surface area (Å²) in [5.74, 6) is 1.28. The highest BCUT2D eigenvalue weighted by molar-refractivity contribution is 6.06. The molecule has 194 valence electrons. The number of fused-ring (bicyclic) bond motifs is 6. The summed E-state index contributed by atoms with van der Waals surface area (Å²) in [4.78, 5) is 32.6. The van der Waals surface area contributed by atoms with E-state index in [-0.39, 0.29) is 11.8 Å². The highest BCUT2D eigenvalue weighted by Crippen LogP contribution is 2.33. The Bertz CT molecular complexity index is 2050. The van der Waals surface area contributed by atoms with Crippen LogP contribution in [-0.2, 0) is 36.1 Å². The Kier molecular flexibility index (Phi) is 4.69. The first-order chi connectivity index (χ1) is 19.5. The van der Waals surface area contributed by atoms with Gasteiger partial charge in [0.2, 0.25) is 18.0 Å². The average molecular weight is 528 g/mol. The van der Waals surface area contributed by atoms with Crippen molar-refractivity contribution in [2.45, 2.75) is 19.5 Å². The van der Waals surface area contributed by atoms with Gasteiger partial charge in [-0.15, -0.1) is 9.36 Å². The maximum atomic E-state index is 11.9. The van der Waals surface area contributed by atoms with Gasteiger partial charge in [-0.3, -0.25) is 9.59 Å². The largest absolute Gasteiger partial charge is 0.310 e. The minimum Gasteiger partial charge on any atom is -0.310 e. The fourth-order valence-corrected chi connectivity index (χ4v) is 5.75. The molecule has 2 N–H and O–H groups in total. The van der Waals surface area contributed by atoms with E-state index < -0.39 is 0 Å². The molecule has 0 fully saturated rings. The molecule has 6 aromatic rings. The Labute approximate surface area is 227 Å². The number of carbonyl (C=O) groups excluding carboxylic acids is 2. The van der Waals surface area contributed by atoms with Crippen LogP contribution in [0.1, 0.15) is 11.1 Å². The van der Waals surface area contributed by atoms with Crippen molar-refractivity contribution in [2.75, 3.05) is 10.6 Å². The van der Waals surface area contributed by atoms with Gasteiger partial charge in [0.05, 0.1) is 30.8 Å². The predicted molar refractivity (Wildman–Crippen MR) is 149 cm³/mol. The van der Waals surface area contributed by atoms with Gasteiger partial charge in [-0.05, 0) is 34.0 Å². The number of nitrogens with one attached hydrogen (secondary N) is 2. The molecule has 2 aliphatic heterocycles. The van der Waals surface area contributed by atoms with Gasteiger partial charge in [-0.1, -0.05) is 24.3 Å². The lowest BCUT2D eigenvalue weighted by molar-refractivity contribution is -0.754. The summed E-state index contributed by atoms with van der Waals surface area (Å²) in [7, 11) is 2.01. The van der Waals surface area contributed by atoms with E-state index in [1.165, 1.54) is 0 Å². The topological polar surface area (TPSA) is 111 Å². The van der Waals surface area contributed by atoms with Crippen molar-refractivity contribution in [3.05, 3.63) is 84.7 Å². The summed E-state index contributed by atoms with van der Waals surface area (Å²) in [6.45, 7) is 0.540. The van der Waals surface area contributed by atoms with Crippen molar-refractivity contribution in [1.82, 2.24) is 24.4 Å². The number of benzene rings is 2. The van der Waals surface area contributed by atoms with Gasteiger partial charge in [0, 0.05) is 46.1 Å². The smallest absolute Gasteiger partial charge is 0.230 e. The van der Waals surface area contributed by atoms with E-state index in [4.69, 9.17) is 0 Å². The van der Waals surface area contributed by atoms with E-state index in [0.29, 0.717) is 31.1 Å². The van der Waals surface area contributed by atoms with Crippen LogP contribution in [0.15, 0.2) is 73.6 Å². The van der Waals surface area contributed by atoms with Gasteiger partial charge in [-0.2, -0.15) is 5.10 Å². The van der Waals surface area contributed by atoms with Gasteiger partial charge in [-0.25, -0.2) is 14.6 Å². The highest BCUT2D eigenvalue weighted by atomic mass is 16.2. The number of pyridine rings is 2. The molecule has 0 bridgehead atoms. The molecular weight excluding hydrogens is 504 g/mol. The number of amides is 2. The van der Waals surface area contributed by atoms with Crippen LogP contribution in [0.4, 0.5) is 11.6 Å². The molecule has 8 rings (SSSR count). The molecule has 0 spiro atoms. The van der Waals surface area contributed by atoms with Crippen molar-refractivity contribution in [1.29, 1.82) is 0 Å². The summed E-state index contributed by atoms with van der Waals surface area (Å²) in [6.07, 6.45) is 12.4. The first-order valence-corrected chi connectivity index (χ1v) is 13.0. The second-order valence-corrected chi connectivity index (χ2v) is 10.4. The van der Waals surface area contributed by atoms with E-state index in [1.54, 1.807) is 6.20 Å². The van der Waals surface area contributed by atoms with Crippen LogP contribution in [-0.4, -0.2) is 36.2 Å². The minimum atomic E-state index is -0.0233. The first kappa shape index (κ1) is 22.6. The van der Waals surface area contributed by atoms with Crippen molar-refractivity contribution in [2.24, 2.45) is 7.05 Å². The average Bonchev–Trinajstić information content (AvgIpc) is 3.74. The molecule has 0 unspecified atom stereocenters. The molecule has 2 aliphatic rings. The molecule has 4 aromatic heterocycles. The van der Waals surface area contributed by atoms with E-state index in [2.05, 4.69) is 73.1 Å². The molecule has 0 aliphatic carbocycles. The normalized spacial score (nSPS) is 14.0. The van der Waals surface area contributed by atoms with Crippen molar-refractivity contribution in [3.63, 3.8) is 0 Å².